The summed E-state index contributed by atoms with van der Waals surface area (Å²) >= 11 is 6.44. The predicted molar refractivity (Wildman–Crippen MR) is 79.8 cm³/mol. The highest BCUT2D eigenvalue weighted by Crippen LogP contribution is 2.33. The first kappa shape index (κ1) is 13.7. The Labute approximate surface area is 116 Å². The second-order valence-electron chi connectivity index (χ2n) is 5.68. The zero-order valence-electron chi connectivity index (χ0n) is 12.0. The Morgan fingerprint density at radius 3 is 2.17 bits per heavy atom. The minimum atomic E-state index is 0.561. The van der Waals surface area contributed by atoms with Crippen molar-refractivity contribution in [3.05, 3.63) is 28.3 Å². The van der Waals surface area contributed by atoms with Crippen LogP contribution in [0.5, 0.6) is 0 Å². The van der Waals surface area contributed by atoms with Crippen LogP contribution in [-0.2, 0) is 0 Å². The van der Waals surface area contributed by atoms with Crippen LogP contribution in [0.25, 0.3) is 0 Å². The number of anilines is 1. The van der Waals surface area contributed by atoms with Crippen molar-refractivity contribution in [3.8, 4) is 0 Å². The minimum Gasteiger partial charge on any atom is -0.367 e. The van der Waals surface area contributed by atoms with E-state index in [1.165, 1.54) is 16.8 Å². The molecule has 0 spiro atoms. The number of aryl methyl sites for hydroxylation is 2. The summed E-state index contributed by atoms with van der Waals surface area (Å²) < 4.78 is 0. The van der Waals surface area contributed by atoms with Crippen LogP contribution in [0.2, 0.25) is 5.02 Å². The van der Waals surface area contributed by atoms with Crippen LogP contribution >= 0.6 is 11.6 Å². The molecule has 1 aliphatic heterocycles. The largest absolute Gasteiger partial charge is 0.367 e. The van der Waals surface area contributed by atoms with E-state index in [1.807, 2.05) is 0 Å². The summed E-state index contributed by atoms with van der Waals surface area (Å²) in [5.74, 6) is 0. The standard InChI is InChI=1S/C15H23ClN2/c1-10-6-11(2)15(14(16)7-10)18-8-12(3)17(5)13(4)9-18/h6-7,12-13H,8-9H2,1-5H3/t12-,13+. The van der Waals surface area contributed by atoms with Gasteiger partial charge in [0.2, 0.25) is 0 Å². The molecule has 0 aromatic heterocycles. The van der Waals surface area contributed by atoms with Gasteiger partial charge in [-0.1, -0.05) is 17.7 Å². The van der Waals surface area contributed by atoms with E-state index in [4.69, 9.17) is 11.6 Å². The molecule has 2 rings (SSSR count). The number of halogens is 1. The maximum Gasteiger partial charge on any atom is 0.0644 e. The molecule has 2 nitrogen and oxygen atoms in total. The van der Waals surface area contributed by atoms with Gasteiger partial charge in [0.15, 0.2) is 0 Å². The van der Waals surface area contributed by atoms with Gasteiger partial charge in [-0.15, -0.1) is 0 Å². The molecule has 18 heavy (non-hydrogen) atoms. The van der Waals surface area contributed by atoms with Crippen molar-refractivity contribution in [2.45, 2.75) is 39.8 Å². The maximum absolute atomic E-state index is 6.44. The van der Waals surface area contributed by atoms with E-state index in [1.54, 1.807) is 0 Å². The summed E-state index contributed by atoms with van der Waals surface area (Å²) in [6.07, 6.45) is 0. The van der Waals surface area contributed by atoms with Crippen LogP contribution in [0, 0.1) is 13.8 Å². The lowest BCUT2D eigenvalue weighted by Gasteiger charge is -2.44. The summed E-state index contributed by atoms with van der Waals surface area (Å²) in [4.78, 5) is 4.88. The highest BCUT2D eigenvalue weighted by atomic mass is 35.5. The van der Waals surface area contributed by atoms with E-state index < -0.39 is 0 Å². The van der Waals surface area contributed by atoms with Gasteiger partial charge in [0, 0.05) is 25.2 Å². The summed E-state index contributed by atoms with van der Waals surface area (Å²) in [5.41, 5.74) is 3.73. The zero-order chi connectivity index (χ0) is 13.4. The number of hydrogen-bond acceptors (Lipinski definition) is 2. The molecule has 1 aromatic rings. The van der Waals surface area contributed by atoms with Crippen LogP contribution < -0.4 is 4.90 Å². The molecule has 2 atom stereocenters. The Balaban J connectivity index is 2.32. The van der Waals surface area contributed by atoms with Crippen LogP contribution in [0.3, 0.4) is 0 Å². The lowest BCUT2D eigenvalue weighted by atomic mass is 10.0. The molecule has 0 radical (unpaired) electrons. The molecule has 3 heteroatoms. The zero-order valence-corrected chi connectivity index (χ0v) is 12.8. The topological polar surface area (TPSA) is 6.48 Å². The molecule has 0 unspecified atom stereocenters. The van der Waals surface area contributed by atoms with Crippen molar-refractivity contribution in [1.82, 2.24) is 4.90 Å². The lowest BCUT2D eigenvalue weighted by molar-refractivity contribution is 0.170. The molecule has 1 aliphatic rings. The molecule has 1 fully saturated rings. The van der Waals surface area contributed by atoms with E-state index >= 15 is 0 Å². The van der Waals surface area contributed by atoms with Gasteiger partial charge >= 0.3 is 0 Å². The molecule has 0 aliphatic carbocycles. The van der Waals surface area contributed by atoms with Crippen molar-refractivity contribution >= 4 is 17.3 Å². The van der Waals surface area contributed by atoms with Crippen molar-refractivity contribution in [2.75, 3.05) is 25.0 Å². The average molecular weight is 267 g/mol. The Morgan fingerprint density at radius 2 is 1.67 bits per heavy atom. The molecule has 1 aromatic carbocycles. The summed E-state index contributed by atoms with van der Waals surface area (Å²) in [6, 6.07) is 5.41. The van der Waals surface area contributed by atoms with E-state index in [0.29, 0.717) is 12.1 Å². The quantitative estimate of drug-likeness (QED) is 0.768. The van der Waals surface area contributed by atoms with Gasteiger partial charge in [0.25, 0.3) is 0 Å². The molecule has 1 heterocycles. The predicted octanol–water partition coefficient (Wildman–Crippen LogP) is 3.49. The number of piperazine rings is 1. The second kappa shape index (κ2) is 5.10. The fraction of sp³-hybridized carbons (Fsp3) is 0.600. The Hall–Kier alpha value is -0.730. The van der Waals surface area contributed by atoms with Crippen molar-refractivity contribution in [1.29, 1.82) is 0 Å². The molecule has 1 saturated heterocycles. The van der Waals surface area contributed by atoms with Crippen LogP contribution in [0.1, 0.15) is 25.0 Å². The highest BCUT2D eigenvalue weighted by molar-refractivity contribution is 6.33. The van der Waals surface area contributed by atoms with Gasteiger partial charge in [-0.05, 0) is 51.9 Å². The van der Waals surface area contributed by atoms with Crippen LogP contribution in [0.15, 0.2) is 12.1 Å². The SMILES string of the molecule is Cc1cc(C)c(N2C[C@@H](C)N(C)[C@@H](C)C2)c(Cl)c1. The van der Waals surface area contributed by atoms with Crippen molar-refractivity contribution in [2.24, 2.45) is 0 Å². The first-order valence-corrected chi connectivity index (χ1v) is 7.01. The van der Waals surface area contributed by atoms with E-state index in [9.17, 15) is 0 Å². The normalized spacial score (nSPS) is 25.6. The molecule has 0 N–H and O–H groups in total. The molecular formula is C15H23ClN2. The van der Waals surface area contributed by atoms with Gasteiger partial charge in [-0.3, -0.25) is 4.90 Å². The number of hydrogen-bond donors (Lipinski definition) is 0. The number of likely N-dealkylation sites (N-methyl/N-ethyl adjacent to an activating group) is 1. The molecule has 0 bridgehead atoms. The maximum atomic E-state index is 6.44. The van der Waals surface area contributed by atoms with Crippen LogP contribution in [0.4, 0.5) is 5.69 Å². The third kappa shape index (κ3) is 2.50. The van der Waals surface area contributed by atoms with E-state index in [2.05, 4.69) is 56.7 Å². The molecule has 100 valence electrons. The number of rotatable bonds is 1. The fourth-order valence-electron chi connectivity index (χ4n) is 2.90. The lowest BCUT2D eigenvalue weighted by Crippen LogP contribution is -2.55. The first-order chi connectivity index (χ1) is 8.40. The molecule has 0 saturated carbocycles. The van der Waals surface area contributed by atoms with Crippen molar-refractivity contribution < 1.29 is 0 Å². The summed E-state index contributed by atoms with van der Waals surface area (Å²) in [6.45, 7) is 10.9. The summed E-state index contributed by atoms with van der Waals surface area (Å²) in [5, 5.41) is 0.886. The van der Waals surface area contributed by atoms with Crippen LogP contribution in [-0.4, -0.2) is 37.1 Å². The summed E-state index contributed by atoms with van der Waals surface area (Å²) in [7, 11) is 2.20. The molecule has 0 amide bonds. The number of nitrogens with zero attached hydrogens (tertiary/aromatic N) is 2. The molecular weight excluding hydrogens is 244 g/mol. The third-order valence-electron chi connectivity index (χ3n) is 4.07. The minimum absolute atomic E-state index is 0.561. The Morgan fingerprint density at radius 1 is 1.11 bits per heavy atom. The number of benzene rings is 1. The van der Waals surface area contributed by atoms with Gasteiger partial charge in [0.1, 0.15) is 0 Å². The van der Waals surface area contributed by atoms with E-state index in [-0.39, 0.29) is 0 Å². The third-order valence-corrected chi connectivity index (χ3v) is 4.36. The monoisotopic (exact) mass is 266 g/mol. The van der Waals surface area contributed by atoms with Crippen molar-refractivity contribution in [3.63, 3.8) is 0 Å². The average Bonchev–Trinajstić information content (AvgIpc) is 2.24. The highest BCUT2D eigenvalue weighted by Gasteiger charge is 2.28. The Bertz CT molecular complexity index is 409. The second-order valence-corrected chi connectivity index (χ2v) is 6.09. The van der Waals surface area contributed by atoms with E-state index in [0.717, 1.165) is 18.1 Å². The van der Waals surface area contributed by atoms with Gasteiger partial charge in [0.05, 0.1) is 10.7 Å². The van der Waals surface area contributed by atoms with Gasteiger partial charge in [-0.2, -0.15) is 0 Å². The van der Waals surface area contributed by atoms with Gasteiger partial charge in [-0.25, -0.2) is 0 Å². The Kier molecular flexibility index (Phi) is 3.88. The smallest absolute Gasteiger partial charge is 0.0644 e. The first-order valence-electron chi connectivity index (χ1n) is 6.63. The fourth-order valence-corrected chi connectivity index (χ4v) is 3.34. The van der Waals surface area contributed by atoms with Gasteiger partial charge < -0.3 is 4.90 Å².